The van der Waals surface area contributed by atoms with Crippen LogP contribution >= 0.6 is 15.9 Å². The molecule has 36 heavy (non-hydrogen) atoms. The van der Waals surface area contributed by atoms with Crippen molar-refractivity contribution in [3.63, 3.8) is 0 Å². The molecule has 8 nitrogen and oxygen atoms in total. The van der Waals surface area contributed by atoms with Gasteiger partial charge in [-0.1, -0.05) is 40.9 Å². The van der Waals surface area contributed by atoms with Gasteiger partial charge in [-0.2, -0.15) is 0 Å². The Morgan fingerprint density at radius 3 is 2.47 bits per heavy atom. The standard InChI is InChI=1S/C26H34BrN3O5S/c1-18-14-22(12-13-24(18)27)30(36(4,33)34)17-25(31)29(16-20-8-7-11-23(15-20)35-3)19(2)26(32)28-21-9-5-6-10-21/h7-8,11-15,19,21H,5-6,9-10,16-17H2,1-4H3,(H,28,32)/t19-/m1/s1. The number of hydrogen-bond donors (Lipinski definition) is 1. The molecule has 2 aromatic rings. The summed E-state index contributed by atoms with van der Waals surface area (Å²) in [5.74, 6) is -0.0903. The molecule has 0 aromatic heterocycles. The van der Waals surface area contributed by atoms with E-state index in [0.29, 0.717) is 11.4 Å². The smallest absolute Gasteiger partial charge is 0.244 e. The third kappa shape index (κ3) is 7.22. The number of anilines is 1. The van der Waals surface area contributed by atoms with Crippen LogP contribution in [0.1, 0.15) is 43.7 Å². The third-order valence-corrected chi connectivity index (χ3v) is 8.49. The number of nitrogens with one attached hydrogen (secondary N) is 1. The molecule has 0 radical (unpaired) electrons. The Morgan fingerprint density at radius 1 is 1.17 bits per heavy atom. The molecule has 1 fully saturated rings. The Kier molecular flexibility index (Phi) is 9.41. The van der Waals surface area contributed by atoms with Crippen LogP contribution in [0.5, 0.6) is 5.75 Å². The lowest BCUT2D eigenvalue weighted by atomic mass is 10.1. The summed E-state index contributed by atoms with van der Waals surface area (Å²) in [4.78, 5) is 28.2. The maximum absolute atomic E-state index is 13.7. The van der Waals surface area contributed by atoms with E-state index in [0.717, 1.165) is 51.8 Å². The molecule has 1 N–H and O–H groups in total. The molecule has 1 atom stereocenters. The molecule has 1 aliphatic rings. The minimum absolute atomic E-state index is 0.104. The number of sulfonamides is 1. The van der Waals surface area contributed by atoms with Gasteiger partial charge in [0.2, 0.25) is 21.8 Å². The summed E-state index contributed by atoms with van der Waals surface area (Å²) >= 11 is 3.42. The summed E-state index contributed by atoms with van der Waals surface area (Å²) in [5, 5.41) is 3.06. The number of carbonyl (C=O) groups excluding carboxylic acids is 2. The van der Waals surface area contributed by atoms with E-state index in [2.05, 4.69) is 21.2 Å². The molecule has 0 saturated heterocycles. The van der Waals surface area contributed by atoms with Crippen molar-refractivity contribution in [3.8, 4) is 5.75 Å². The lowest BCUT2D eigenvalue weighted by Gasteiger charge is -2.32. The Bertz CT molecular complexity index is 1200. The number of benzene rings is 2. The van der Waals surface area contributed by atoms with Crippen molar-refractivity contribution in [1.82, 2.24) is 10.2 Å². The normalized spacial score (nSPS) is 14.8. The first-order valence-electron chi connectivity index (χ1n) is 12.0. The zero-order valence-electron chi connectivity index (χ0n) is 21.2. The lowest BCUT2D eigenvalue weighted by molar-refractivity contribution is -0.139. The molecule has 1 aliphatic carbocycles. The van der Waals surface area contributed by atoms with Crippen LogP contribution in [0, 0.1) is 6.92 Å². The quantitative estimate of drug-likeness (QED) is 0.459. The van der Waals surface area contributed by atoms with Crippen LogP contribution in [0.4, 0.5) is 5.69 Å². The summed E-state index contributed by atoms with van der Waals surface area (Å²) < 4.78 is 32.6. The number of aryl methyl sites for hydroxylation is 1. The zero-order valence-corrected chi connectivity index (χ0v) is 23.6. The number of amides is 2. The molecule has 2 aromatic carbocycles. The van der Waals surface area contributed by atoms with E-state index < -0.39 is 28.5 Å². The van der Waals surface area contributed by atoms with Gasteiger partial charge in [0.1, 0.15) is 18.3 Å². The number of hydrogen-bond acceptors (Lipinski definition) is 5. The molecule has 2 amide bonds. The first-order chi connectivity index (χ1) is 17.0. The molecule has 0 aliphatic heterocycles. The molecule has 3 rings (SSSR count). The van der Waals surface area contributed by atoms with Crippen molar-refractivity contribution in [1.29, 1.82) is 0 Å². The summed E-state index contributed by atoms with van der Waals surface area (Å²) in [6.45, 7) is 3.23. The van der Waals surface area contributed by atoms with E-state index >= 15 is 0 Å². The Morgan fingerprint density at radius 2 is 1.86 bits per heavy atom. The first kappa shape index (κ1) is 28.0. The third-order valence-electron chi connectivity index (χ3n) is 6.46. The second kappa shape index (κ2) is 12.1. The van der Waals surface area contributed by atoms with Gasteiger partial charge >= 0.3 is 0 Å². The van der Waals surface area contributed by atoms with Crippen LogP contribution in [-0.4, -0.2) is 57.1 Å². The molecule has 0 heterocycles. The van der Waals surface area contributed by atoms with Crippen LogP contribution in [0.3, 0.4) is 0 Å². The van der Waals surface area contributed by atoms with Gasteiger partial charge in [0.25, 0.3) is 0 Å². The van der Waals surface area contributed by atoms with Gasteiger partial charge in [-0.25, -0.2) is 8.42 Å². The number of halogens is 1. The second-order valence-electron chi connectivity index (χ2n) is 9.24. The minimum atomic E-state index is -3.77. The predicted molar refractivity (Wildman–Crippen MR) is 144 cm³/mol. The van der Waals surface area contributed by atoms with Crippen molar-refractivity contribution >= 4 is 43.5 Å². The van der Waals surface area contributed by atoms with E-state index in [4.69, 9.17) is 4.74 Å². The predicted octanol–water partition coefficient (Wildman–Crippen LogP) is 4.01. The largest absolute Gasteiger partial charge is 0.497 e. The second-order valence-corrected chi connectivity index (χ2v) is 12.0. The van der Waals surface area contributed by atoms with Crippen LogP contribution in [0.25, 0.3) is 0 Å². The fourth-order valence-electron chi connectivity index (χ4n) is 4.34. The molecule has 196 valence electrons. The van der Waals surface area contributed by atoms with Crippen LogP contribution in [0.15, 0.2) is 46.9 Å². The first-order valence-corrected chi connectivity index (χ1v) is 14.6. The summed E-state index contributed by atoms with van der Waals surface area (Å²) in [7, 11) is -2.21. The molecule has 0 bridgehead atoms. The van der Waals surface area contributed by atoms with Gasteiger partial charge in [-0.05, 0) is 68.1 Å². The van der Waals surface area contributed by atoms with Gasteiger partial charge in [0, 0.05) is 17.1 Å². The Hall–Kier alpha value is -2.59. The average Bonchev–Trinajstić information content (AvgIpc) is 3.34. The lowest BCUT2D eigenvalue weighted by Crippen LogP contribution is -2.52. The molecular formula is C26H34BrN3O5S. The van der Waals surface area contributed by atoms with Gasteiger partial charge < -0.3 is 15.0 Å². The van der Waals surface area contributed by atoms with Crippen LogP contribution < -0.4 is 14.4 Å². The van der Waals surface area contributed by atoms with E-state index in [-0.39, 0.29) is 18.5 Å². The minimum Gasteiger partial charge on any atom is -0.497 e. The highest BCUT2D eigenvalue weighted by molar-refractivity contribution is 9.10. The van der Waals surface area contributed by atoms with Crippen molar-refractivity contribution in [2.45, 2.75) is 58.2 Å². The maximum Gasteiger partial charge on any atom is 0.244 e. The Labute approximate surface area is 222 Å². The van der Waals surface area contributed by atoms with Crippen molar-refractivity contribution < 1.29 is 22.7 Å². The topological polar surface area (TPSA) is 96.0 Å². The Balaban J connectivity index is 1.90. The highest BCUT2D eigenvalue weighted by Gasteiger charge is 2.31. The van der Waals surface area contributed by atoms with Gasteiger partial charge in [-0.15, -0.1) is 0 Å². The monoisotopic (exact) mass is 579 g/mol. The molecular weight excluding hydrogens is 546 g/mol. The highest BCUT2D eigenvalue weighted by Crippen LogP contribution is 2.25. The molecule has 10 heteroatoms. The van der Waals surface area contributed by atoms with E-state index in [9.17, 15) is 18.0 Å². The fourth-order valence-corrected chi connectivity index (χ4v) is 5.43. The van der Waals surface area contributed by atoms with Crippen molar-refractivity contribution in [2.75, 3.05) is 24.2 Å². The summed E-state index contributed by atoms with van der Waals surface area (Å²) in [6.07, 6.45) is 5.06. The number of ether oxygens (including phenoxy) is 1. The van der Waals surface area contributed by atoms with Gasteiger partial charge in [-0.3, -0.25) is 13.9 Å². The molecule has 0 spiro atoms. The number of methoxy groups -OCH3 is 1. The number of rotatable bonds is 10. The SMILES string of the molecule is COc1cccc(CN(C(=O)CN(c2ccc(Br)c(C)c2)S(C)(=O)=O)[C@H](C)C(=O)NC2CCCC2)c1. The number of carbonyl (C=O) groups is 2. The summed E-state index contributed by atoms with van der Waals surface area (Å²) in [5.41, 5.74) is 2.00. The van der Waals surface area contributed by atoms with Gasteiger partial charge in [0.05, 0.1) is 19.1 Å². The summed E-state index contributed by atoms with van der Waals surface area (Å²) in [6, 6.07) is 11.7. The average molecular weight is 581 g/mol. The zero-order chi connectivity index (χ0) is 26.5. The fraction of sp³-hybridized carbons (Fsp3) is 0.462. The maximum atomic E-state index is 13.7. The van der Waals surface area contributed by atoms with Gasteiger partial charge in [0.15, 0.2) is 0 Å². The van der Waals surface area contributed by atoms with Crippen molar-refractivity contribution in [3.05, 3.63) is 58.1 Å². The highest BCUT2D eigenvalue weighted by atomic mass is 79.9. The molecule has 1 saturated carbocycles. The van der Waals surface area contributed by atoms with Crippen LogP contribution in [0.2, 0.25) is 0 Å². The van der Waals surface area contributed by atoms with E-state index in [1.807, 2.05) is 19.1 Å². The van der Waals surface area contributed by atoms with E-state index in [1.54, 1.807) is 44.4 Å². The van der Waals surface area contributed by atoms with Crippen molar-refractivity contribution in [2.24, 2.45) is 0 Å². The van der Waals surface area contributed by atoms with Crippen LogP contribution in [-0.2, 0) is 26.2 Å². The van der Waals surface area contributed by atoms with E-state index in [1.165, 1.54) is 4.90 Å². The molecule has 0 unspecified atom stereocenters. The number of nitrogens with zero attached hydrogens (tertiary/aromatic N) is 2.